The highest BCUT2D eigenvalue weighted by molar-refractivity contribution is 14.0. The summed E-state index contributed by atoms with van der Waals surface area (Å²) in [7, 11) is 0. The first kappa shape index (κ1) is 26.1. The maximum Gasteiger partial charge on any atom is 0.191 e. The number of aliphatic hydroxyl groups is 1. The second-order valence-electron chi connectivity index (χ2n) is 5.98. The highest BCUT2D eigenvalue weighted by Gasteiger charge is 2.06. The Labute approximate surface area is 181 Å². The molecule has 6 nitrogen and oxygen atoms in total. The zero-order valence-corrected chi connectivity index (χ0v) is 19.0. The summed E-state index contributed by atoms with van der Waals surface area (Å²) in [5.41, 5.74) is 0.926. The predicted octanol–water partition coefficient (Wildman–Crippen LogP) is 3.12. The van der Waals surface area contributed by atoms with Gasteiger partial charge in [0.2, 0.25) is 0 Å². The molecule has 0 aliphatic heterocycles. The molecule has 7 heteroatoms. The van der Waals surface area contributed by atoms with Gasteiger partial charge in [-0.05, 0) is 25.3 Å². The molecule has 0 heterocycles. The standard InChI is InChI=1S/C20H35N3O3.HI/c1-3-5-14-25-16-17-26-15-13-23-20(21-4-2)22-12-11-19(24)18-9-7-6-8-10-18;/h6-10,19,24H,3-5,11-17H2,1-2H3,(H2,21,22,23);1H. The summed E-state index contributed by atoms with van der Waals surface area (Å²) in [6.45, 7) is 8.88. The van der Waals surface area contributed by atoms with E-state index in [1.807, 2.05) is 37.3 Å². The second-order valence-corrected chi connectivity index (χ2v) is 5.98. The van der Waals surface area contributed by atoms with Crippen LogP contribution >= 0.6 is 24.0 Å². The Morgan fingerprint density at radius 2 is 1.74 bits per heavy atom. The van der Waals surface area contributed by atoms with E-state index in [9.17, 15) is 5.11 Å². The highest BCUT2D eigenvalue weighted by atomic mass is 127. The molecule has 0 saturated carbocycles. The lowest BCUT2D eigenvalue weighted by atomic mass is 10.1. The normalized spacial score (nSPS) is 12.3. The molecule has 0 spiro atoms. The zero-order chi connectivity index (χ0) is 18.9. The lowest BCUT2D eigenvalue weighted by Crippen LogP contribution is -2.39. The third-order valence-electron chi connectivity index (χ3n) is 3.75. The van der Waals surface area contributed by atoms with Crippen molar-refractivity contribution in [3.63, 3.8) is 0 Å². The van der Waals surface area contributed by atoms with Gasteiger partial charge < -0.3 is 25.2 Å². The van der Waals surface area contributed by atoms with Gasteiger partial charge in [-0.2, -0.15) is 0 Å². The van der Waals surface area contributed by atoms with Crippen LogP contribution in [0, 0.1) is 0 Å². The van der Waals surface area contributed by atoms with Crippen LogP contribution in [0.25, 0.3) is 0 Å². The van der Waals surface area contributed by atoms with Gasteiger partial charge in [0.05, 0.1) is 25.9 Å². The largest absolute Gasteiger partial charge is 0.388 e. The minimum atomic E-state index is -0.487. The maximum atomic E-state index is 10.2. The molecule has 0 bridgehead atoms. The first-order valence-corrected chi connectivity index (χ1v) is 9.68. The fraction of sp³-hybridized carbons (Fsp3) is 0.650. The van der Waals surface area contributed by atoms with E-state index in [1.54, 1.807) is 0 Å². The lowest BCUT2D eigenvalue weighted by Gasteiger charge is -2.13. The number of ether oxygens (including phenoxy) is 2. The van der Waals surface area contributed by atoms with Crippen LogP contribution in [0.1, 0.15) is 44.8 Å². The summed E-state index contributed by atoms with van der Waals surface area (Å²) >= 11 is 0. The molecule has 1 unspecified atom stereocenters. The van der Waals surface area contributed by atoms with Gasteiger partial charge in [-0.1, -0.05) is 43.7 Å². The van der Waals surface area contributed by atoms with E-state index in [-0.39, 0.29) is 24.0 Å². The van der Waals surface area contributed by atoms with Gasteiger partial charge in [0.25, 0.3) is 0 Å². The van der Waals surface area contributed by atoms with E-state index in [2.05, 4.69) is 22.5 Å². The van der Waals surface area contributed by atoms with Crippen molar-refractivity contribution >= 4 is 29.9 Å². The Hall–Kier alpha value is -0.900. The number of rotatable bonds is 14. The molecule has 1 aromatic rings. The van der Waals surface area contributed by atoms with Crippen LogP contribution in [0.2, 0.25) is 0 Å². The van der Waals surface area contributed by atoms with Crippen molar-refractivity contribution in [1.82, 2.24) is 10.6 Å². The van der Waals surface area contributed by atoms with Crippen molar-refractivity contribution in [2.45, 2.75) is 39.2 Å². The summed E-state index contributed by atoms with van der Waals surface area (Å²) in [6, 6.07) is 9.67. The van der Waals surface area contributed by atoms with E-state index in [4.69, 9.17) is 9.47 Å². The molecule has 0 radical (unpaired) electrons. The molecule has 1 atom stereocenters. The predicted molar refractivity (Wildman–Crippen MR) is 122 cm³/mol. The third-order valence-corrected chi connectivity index (χ3v) is 3.75. The minimum Gasteiger partial charge on any atom is -0.388 e. The van der Waals surface area contributed by atoms with Crippen LogP contribution in [0.15, 0.2) is 35.3 Å². The van der Waals surface area contributed by atoms with Gasteiger partial charge in [0.15, 0.2) is 5.96 Å². The Morgan fingerprint density at radius 1 is 1.04 bits per heavy atom. The van der Waals surface area contributed by atoms with Crippen molar-refractivity contribution in [3.8, 4) is 0 Å². The van der Waals surface area contributed by atoms with Gasteiger partial charge >= 0.3 is 0 Å². The number of aliphatic hydroxyl groups excluding tert-OH is 1. The van der Waals surface area contributed by atoms with Crippen molar-refractivity contribution < 1.29 is 14.6 Å². The van der Waals surface area contributed by atoms with Gasteiger partial charge in [-0.25, -0.2) is 0 Å². The SMILES string of the molecule is CCCCOCCOCCNC(=NCCC(O)c1ccccc1)NCC.I. The quantitative estimate of drug-likeness (QED) is 0.161. The Kier molecular flexibility index (Phi) is 17.8. The van der Waals surface area contributed by atoms with E-state index >= 15 is 0 Å². The monoisotopic (exact) mass is 493 g/mol. The number of hydrogen-bond acceptors (Lipinski definition) is 4. The maximum absolute atomic E-state index is 10.2. The zero-order valence-electron chi connectivity index (χ0n) is 16.7. The molecule has 1 rings (SSSR count). The molecule has 0 aliphatic carbocycles. The molecule has 0 aromatic heterocycles. The van der Waals surface area contributed by atoms with Gasteiger partial charge in [0.1, 0.15) is 0 Å². The van der Waals surface area contributed by atoms with E-state index < -0.39 is 6.10 Å². The van der Waals surface area contributed by atoms with E-state index in [0.29, 0.717) is 39.3 Å². The van der Waals surface area contributed by atoms with E-state index in [1.165, 1.54) is 0 Å². The Balaban J connectivity index is 0.00000676. The summed E-state index contributed by atoms with van der Waals surface area (Å²) < 4.78 is 11.0. The smallest absolute Gasteiger partial charge is 0.191 e. The second kappa shape index (κ2) is 18.5. The van der Waals surface area contributed by atoms with Crippen molar-refractivity contribution in [2.75, 3.05) is 46.1 Å². The molecular formula is C20H36IN3O3. The average molecular weight is 493 g/mol. The molecule has 0 saturated heterocycles. The first-order valence-electron chi connectivity index (χ1n) is 9.68. The molecule has 1 aromatic carbocycles. The highest BCUT2D eigenvalue weighted by Crippen LogP contribution is 2.15. The molecule has 27 heavy (non-hydrogen) atoms. The first-order chi connectivity index (χ1) is 12.8. The third kappa shape index (κ3) is 13.8. The van der Waals surface area contributed by atoms with Crippen LogP contribution in [0.5, 0.6) is 0 Å². The van der Waals surface area contributed by atoms with Crippen LogP contribution in [0.4, 0.5) is 0 Å². The van der Waals surface area contributed by atoms with Crippen molar-refractivity contribution in [3.05, 3.63) is 35.9 Å². The van der Waals surface area contributed by atoms with Crippen molar-refractivity contribution in [2.24, 2.45) is 4.99 Å². The number of hydrogen-bond donors (Lipinski definition) is 3. The van der Waals surface area contributed by atoms with Gasteiger partial charge in [0, 0.05) is 26.2 Å². The Morgan fingerprint density at radius 3 is 2.41 bits per heavy atom. The van der Waals surface area contributed by atoms with Crippen LogP contribution in [-0.2, 0) is 9.47 Å². The number of nitrogens with one attached hydrogen (secondary N) is 2. The molecule has 0 fully saturated rings. The van der Waals surface area contributed by atoms with Crippen LogP contribution in [0.3, 0.4) is 0 Å². The number of benzene rings is 1. The number of aliphatic imine (C=N–C) groups is 1. The fourth-order valence-electron chi connectivity index (χ4n) is 2.29. The molecule has 0 aliphatic rings. The molecule has 156 valence electrons. The fourth-order valence-corrected chi connectivity index (χ4v) is 2.29. The number of guanidine groups is 1. The van der Waals surface area contributed by atoms with Gasteiger partial charge in [-0.3, -0.25) is 4.99 Å². The van der Waals surface area contributed by atoms with E-state index in [0.717, 1.165) is 37.5 Å². The average Bonchev–Trinajstić information content (AvgIpc) is 2.67. The summed E-state index contributed by atoms with van der Waals surface area (Å²) in [4.78, 5) is 4.50. The van der Waals surface area contributed by atoms with Crippen molar-refractivity contribution in [1.29, 1.82) is 0 Å². The minimum absolute atomic E-state index is 0. The Bertz CT molecular complexity index is 475. The topological polar surface area (TPSA) is 75.1 Å². The number of nitrogens with zero attached hydrogens (tertiary/aromatic N) is 1. The summed E-state index contributed by atoms with van der Waals surface area (Å²) in [5.74, 6) is 0.746. The number of halogens is 1. The summed E-state index contributed by atoms with van der Waals surface area (Å²) in [6.07, 6.45) is 2.36. The lowest BCUT2D eigenvalue weighted by molar-refractivity contribution is 0.0487. The molecule has 3 N–H and O–H groups in total. The van der Waals surface area contributed by atoms with Gasteiger partial charge in [-0.15, -0.1) is 24.0 Å². The van der Waals surface area contributed by atoms with Crippen LogP contribution < -0.4 is 10.6 Å². The summed E-state index contributed by atoms with van der Waals surface area (Å²) in [5, 5.41) is 16.6. The number of unbranched alkanes of at least 4 members (excludes halogenated alkanes) is 1. The van der Waals surface area contributed by atoms with Crippen LogP contribution in [-0.4, -0.2) is 57.1 Å². The molecular weight excluding hydrogens is 457 g/mol. The molecule has 0 amide bonds.